The number of nitrogens with zero attached hydrogens (tertiary/aromatic N) is 2. The molecule has 18 heavy (non-hydrogen) atoms. The van der Waals surface area contributed by atoms with E-state index in [1.807, 2.05) is 0 Å². The predicted octanol–water partition coefficient (Wildman–Crippen LogP) is 1.48. The maximum absolute atomic E-state index is 11.9. The summed E-state index contributed by atoms with van der Waals surface area (Å²) in [6.07, 6.45) is 2.00. The van der Waals surface area contributed by atoms with Crippen LogP contribution in [0.15, 0.2) is 18.3 Å². The highest BCUT2D eigenvalue weighted by atomic mass is 32.2. The molecule has 2 rings (SSSR count). The van der Waals surface area contributed by atoms with E-state index in [0.717, 1.165) is 5.69 Å². The van der Waals surface area contributed by atoms with E-state index >= 15 is 0 Å². The number of ether oxygens (including phenoxy) is 1. The Morgan fingerprint density at radius 3 is 3.06 bits per heavy atom. The van der Waals surface area contributed by atoms with E-state index in [0.29, 0.717) is 18.8 Å². The zero-order chi connectivity index (χ0) is 13.1. The van der Waals surface area contributed by atoms with Gasteiger partial charge in [-0.1, -0.05) is 11.8 Å². The first-order valence-electron chi connectivity index (χ1n) is 5.58. The molecule has 1 atom stereocenters. The molecule has 5 nitrogen and oxygen atoms in total. The van der Waals surface area contributed by atoms with Crippen LogP contribution < -0.4 is 9.64 Å². The topological polar surface area (TPSA) is 59.5 Å². The van der Waals surface area contributed by atoms with Crippen molar-refractivity contribution in [1.82, 2.24) is 4.98 Å². The summed E-state index contributed by atoms with van der Waals surface area (Å²) in [6, 6.07) is 3.49. The van der Waals surface area contributed by atoms with Gasteiger partial charge in [-0.2, -0.15) is 0 Å². The fourth-order valence-electron chi connectivity index (χ4n) is 1.92. The Labute approximate surface area is 110 Å². The molecule has 1 unspecified atom stereocenters. The van der Waals surface area contributed by atoms with Crippen molar-refractivity contribution < 1.29 is 14.3 Å². The Morgan fingerprint density at radius 1 is 1.61 bits per heavy atom. The number of pyridine rings is 1. The van der Waals surface area contributed by atoms with Gasteiger partial charge in [-0.25, -0.2) is 4.98 Å². The van der Waals surface area contributed by atoms with E-state index in [4.69, 9.17) is 4.74 Å². The van der Waals surface area contributed by atoms with Crippen LogP contribution >= 0.6 is 11.8 Å². The van der Waals surface area contributed by atoms with Gasteiger partial charge in [0.25, 0.3) is 0 Å². The van der Waals surface area contributed by atoms with Gasteiger partial charge in [0.2, 0.25) is 11.8 Å². The third-order valence-electron chi connectivity index (χ3n) is 2.66. The van der Waals surface area contributed by atoms with E-state index < -0.39 is 0 Å². The molecule has 1 fully saturated rings. The number of carbonyl (C=O) groups excluding carboxylic acids is 2. The summed E-state index contributed by atoms with van der Waals surface area (Å²) in [5, 5.41) is 0.0797. The first kappa shape index (κ1) is 12.9. The van der Waals surface area contributed by atoms with Crippen molar-refractivity contribution in [3.63, 3.8) is 0 Å². The SMILES string of the molecule is COc1cc(N2CC(SC(C)=O)CC2=O)ccn1. The standard InChI is InChI=1S/C12H14N2O3S/c1-8(15)18-10-6-12(16)14(7-10)9-3-4-13-11(5-9)17-2/h3-5,10H,6-7H2,1-2H3. The Morgan fingerprint density at radius 2 is 2.39 bits per heavy atom. The molecular weight excluding hydrogens is 252 g/mol. The minimum Gasteiger partial charge on any atom is -0.481 e. The second-order valence-electron chi connectivity index (χ2n) is 4.00. The maximum Gasteiger partial charge on any atom is 0.228 e. The highest BCUT2D eigenvalue weighted by molar-refractivity contribution is 8.14. The quantitative estimate of drug-likeness (QED) is 0.829. The third-order valence-corrected chi connectivity index (χ3v) is 3.64. The average Bonchev–Trinajstić information content (AvgIpc) is 2.69. The number of hydrogen-bond donors (Lipinski definition) is 0. The summed E-state index contributed by atoms with van der Waals surface area (Å²) in [4.78, 5) is 28.6. The lowest BCUT2D eigenvalue weighted by Crippen LogP contribution is -2.24. The molecule has 1 aromatic rings. The van der Waals surface area contributed by atoms with Gasteiger partial charge in [-0.3, -0.25) is 9.59 Å². The van der Waals surface area contributed by atoms with Gasteiger partial charge in [0.05, 0.1) is 12.8 Å². The fourth-order valence-corrected chi connectivity index (χ4v) is 2.84. The number of thioether (sulfide) groups is 1. The minimum absolute atomic E-state index is 0.0296. The Kier molecular flexibility index (Phi) is 3.86. The van der Waals surface area contributed by atoms with Crippen LogP contribution in [-0.4, -0.2) is 34.9 Å². The van der Waals surface area contributed by atoms with Crippen LogP contribution in [0.3, 0.4) is 0 Å². The van der Waals surface area contributed by atoms with Crippen molar-refractivity contribution >= 4 is 28.5 Å². The van der Waals surface area contributed by atoms with Gasteiger partial charge in [-0.05, 0) is 6.07 Å². The van der Waals surface area contributed by atoms with Gasteiger partial charge in [-0.15, -0.1) is 0 Å². The number of rotatable bonds is 3. The molecular formula is C12H14N2O3S. The van der Waals surface area contributed by atoms with Crippen molar-refractivity contribution in [2.24, 2.45) is 0 Å². The highest BCUT2D eigenvalue weighted by Gasteiger charge is 2.32. The molecule has 1 aliphatic rings. The number of amides is 1. The van der Waals surface area contributed by atoms with Crippen LogP contribution in [-0.2, 0) is 9.59 Å². The second-order valence-corrected chi connectivity index (χ2v) is 5.47. The first-order chi connectivity index (χ1) is 8.60. The third kappa shape index (κ3) is 2.81. The van der Waals surface area contributed by atoms with E-state index in [1.54, 1.807) is 23.2 Å². The fraction of sp³-hybridized carbons (Fsp3) is 0.417. The van der Waals surface area contributed by atoms with Crippen LogP contribution in [0, 0.1) is 0 Å². The lowest BCUT2D eigenvalue weighted by molar-refractivity contribution is -0.117. The van der Waals surface area contributed by atoms with Crippen LogP contribution in [0.1, 0.15) is 13.3 Å². The van der Waals surface area contributed by atoms with Crippen molar-refractivity contribution in [3.8, 4) is 5.88 Å². The van der Waals surface area contributed by atoms with Gasteiger partial charge < -0.3 is 9.64 Å². The predicted molar refractivity (Wildman–Crippen MR) is 69.8 cm³/mol. The van der Waals surface area contributed by atoms with Crippen molar-refractivity contribution in [3.05, 3.63) is 18.3 Å². The smallest absolute Gasteiger partial charge is 0.228 e. The summed E-state index contributed by atoms with van der Waals surface area (Å²) >= 11 is 1.23. The molecule has 0 radical (unpaired) electrons. The molecule has 1 saturated heterocycles. The number of methoxy groups -OCH3 is 1. The molecule has 0 bridgehead atoms. The zero-order valence-electron chi connectivity index (χ0n) is 10.3. The zero-order valence-corrected chi connectivity index (χ0v) is 11.1. The minimum atomic E-state index is 0.0296. The van der Waals surface area contributed by atoms with E-state index in [1.165, 1.54) is 25.8 Å². The van der Waals surface area contributed by atoms with E-state index in [2.05, 4.69) is 4.98 Å². The molecule has 0 aliphatic carbocycles. The molecule has 1 aliphatic heterocycles. The van der Waals surface area contributed by atoms with Crippen molar-refractivity contribution in [2.45, 2.75) is 18.6 Å². The average molecular weight is 266 g/mol. The van der Waals surface area contributed by atoms with Gasteiger partial charge in [0.15, 0.2) is 5.12 Å². The molecule has 2 heterocycles. The summed E-state index contributed by atoms with van der Waals surface area (Å²) in [7, 11) is 1.53. The second kappa shape index (κ2) is 5.39. The molecule has 1 aromatic heterocycles. The van der Waals surface area contributed by atoms with Gasteiger partial charge in [0.1, 0.15) is 0 Å². The summed E-state index contributed by atoms with van der Waals surface area (Å²) < 4.78 is 5.03. The highest BCUT2D eigenvalue weighted by Crippen LogP contribution is 2.29. The molecule has 96 valence electrons. The lowest BCUT2D eigenvalue weighted by atomic mass is 10.3. The molecule has 6 heteroatoms. The maximum atomic E-state index is 11.9. The summed E-state index contributed by atoms with van der Waals surface area (Å²) in [5.74, 6) is 0.505. The molecule has 0 spiro atoms. The van der Waals surface area contributed by atoms with Crippen LogP contribution in [0.4, 0.5) is 5.69 Å². The summed E-state index contributed by atoms with van der Waals surface area (Å²) in [5.41, 5.74) is 0.763. The van der Waals surface area contributed by atoms with Crippen molar-refractivity contribution in [2.75, 3.05) is 18.6 Å². The summed E-state index contributed by atoms with van der Waals surface area (Å²) in [6.45, 7) is 2.07. The van der Waals surface area contributed by atoms with Crippen molar-refractivity contribution in [1.29, 1.82) is 0 Å². The number of hydrogen-bond acceptors (Lipinski definition) is 5. The molecule has 0 N–H and O–H groups in total. The number of anilines is 1. The van der Waals surface area contributed by atoms with Gasteiger partial charge in [0, 0.05) is 37.4 Å². The monoisotopic (exact) mass is 266 g/mol. The van der Waals surface area contributed by atoms with E-state index in [9.17, 15) is 9.59 Å². The first-order valence-corrected chi connectivity index (χ1v) is 6.45. The molecule has 0 aromatic carbocycles. The molecule has 1 amide bonds. The van der Waals surface area contributed by atoms with E-state index in [-0.39, 0.29) is 16.3 Å². The Bertz CT molecular complexity index is 478. The van der Waals surface area contributed by atoms with Crippen LogP contribution in [0.25, 0.3) is 0 Å². The normalized spacial score (nSPS) is 19.1. The van der Waals surface area contributed by atoms with Gasteiger partial charge >= 0.3 is 0 Å². The lowest BCUT2D eigenvalue weighted by Gasteiger charge is -2.16. The van der Waals surface area contributed by atoms with Crippen LogP contribution in [0.5, 0.6) is 5.88 Å². The Hall–Kier alpha value is -1.56. The number of aromatic nitrogens is 1. The van der Waals surface area contributed by atoms with Crippen LogP contribution in [0.2, 0.25) is 0 Å². The molecule has 0 saturated carbocycles. The Balaban J connectivity index is 2.13. The number of carbonyl (C=O) groups is 2. The largest absolute Gasteiger partial charge is 0.481 e.